The Kier molecular flexibility index (Phi) is 3.73. The highest BCUT2D eigenvalue weighted by molar-refractivity contribution is 5.34. The maximum absolute atomic E-state index is 3.30. The number of hydrogen-bond donors (Lipinski definition) is 1. The van der Waals surface area contributed by atoms with Gasteiger partial charge in [0, 0.05) is 6.04 Å². The molecule has 0 aliphatic heterocycles. The van der Waals surface area contributed by atoms with Crippen molar-refractivity contribution in [1.29, 1.82) is 0 Å². The van der Waals surface area contributed by atoms with Crippen molar-refractivity contribution in [2.45, 2.75) is 46.1 Å². The van der Waals surface area contributed by atoms with Crippen LogP contribution in [0.1, 0.15) is 40.0 Å². The first-order valence-electron chi connectivity index (χ1n) is 5.25. The van der Waals surface area contributed by atoms with E-state index < -0.39 is 0 Å². The first-order valence-corrected chi connectivity index (χ1v) is 5.25. The van der Waals surface area contributed by atoms with Crippen LogP contribution < -0.4 is 5.32 Å². The molecule has 0 saturated carbocycles. The molecule has 0 heterocycles. The largest absolute Gasteiger partial charge is 0.314 e. The van der Waals surface area contributed by atoms with Gasteiger partial charge in [0.2, 0.25) is 0 Å². The van der Waals surface area contributed by atoms with Crippen LogP contribution in [0.5, 0.6) is 0 Å². The number of allylic oxidation sites excluding steroid dienone is 3. The lowest BCUT2D eigenvalue weighted by Crippen LogP contribution is -2.24. The number of hydrogen-bond acceptors (Lipinski definition) is 1. The monoisotopic (exact) mass is 179 g/mol. The molecule has 74 valence electrons. The SMILES string of the molecule is CCC1=C(C)CCC([C@H](C)NC)=C1. The van der Waals surface area contributed by atoms with Gasteiger partial charge in [0.15, 0.2) is 0 Å². The van der Waals surface area contributed by atoms with Crippen molar-refractivity contribution in [2.75, 3.05) is 7.05 Å². The standard InChI is InChI=1S/C12H21N/c1-5-11-8-12(10(3)13-4)7-6-9(11)2/h8,10,13H,5-7H2,1-4H3/t10-/m0/s1. The molecule has 13 heavy (non-hydrogen) atoms. The van der Waals surface area contributed by atoms with Gasteiger partial charge in [-0.15, -0.1) is 0 Å². The van der Waals surface area contributed by atoms with Crippen LogP contribution in [0.4, 0.5) is 0 Å². The molecule has 0 aromatic carbocycles. The summed E-state index contributed by atoms with van der Waals surface area (Å²) < 4.78 is 0. The molecular weight excluding hydrogens is 158 g/mol. The molecule has 1 heteroatoms. The van der Waals surface area contributed by atoms with Crippen LogP contribution in [0.3, 0.4) is 0 Å². The third-order valence-corrected chi connectivity index (χ3v) is 3.07. The van der Waals surface area contributed by atoms with Gasteiger partial charge < -0.3 is 5.32 Å². The molecule has 0 unspecified atom stereocenters. The molecule has 1 atom stereocenters. The Morgan fingerprint density at radius 1 is 1.46 bits per heavy atom. The van der Waals surface area contributed by atoms with Gasteiger partial charge in [-0.05, 0) is 45.7 Å². The van der Waals surface area contributed by atoms with Crippen molar-refractivity contribution in [3.8, 4) is 0 Å². The van der Waals surface area contributed by atoms with Crippen LogP contribution >= 0.6 is 0 Å². The summed E-state index contributed by atoms with van der Waals surface area (Å²) in [6.45, 7) is 6.73. The Bertz CT molecular complexity index is 236. The summed E-state index contributed by atoms with van der Waals surface area (Å²) >= 11 is 0. The third-order valence-electron chi connectivity index (χ3n) is 3.07. The van der Waals surface area contributed by atoms with E-state index in [2.05, 4.69) is 32.2 Å². The second kappa shape index (κ2) is 4.61. The zero-order valence-electron chi connectivity index (χ0n) is 9.28. The molecule has 1 aliphatic rings. The fraction of sp³-hybridized carbons (Fsp3) is 0.667. The van der Waals surface area contributed by atoms with Crippen LogP contribution in [0.25, 0.3) is 0 Å². The van der Waals surface area contributed by atoms with Crippen molar-refractivity contribution in [3.05, 3.63) is 22.8 Å². The fourth-order valence-electron chi connectivity index (χ4n) is 1.84. The molecule has 1 nitrogen and oxygen atoms in total. The highest BCUT2D eigenvalue weighted by Crippen LogP contribution is 2.26. The lowest BCUT2D eigenvalue weighted by atomic mass is 9.89. The van der Waals surface area contributed by atoms with Gasteiger partial charge in [-0.1, -0.05) is 24.1 Å². The first kappa shape index (κ1) is 10.5. The predicted molar refractivity (Wildman–Crippen MR) is 58.8 cm³/mol. The molecule has 0 bridgehead atoms. The van der Waals surface area contributed by atoms with E-state index in [4.69, 9.17) is 0 Å². The Hall–Kier alpha value is -0.560. The van der Waals surface area contributed by atoms with Gasteiger partial charge in [-0.2, -0.15) is 0 Å². The van der Waals surface area contributed by atoms with Crippen molar-refractivity contribution in [2.24, 2.45) is 0 Å². The summed E-state index contributed by atoms with van der Waals surface area (Å²) in [5.74, 6) is 0. The quantitative estimate of drug-likeness (QED) is 0.702. The summed E-state index contributed by atoms with van der Waals surface area (Å²) in [4.78, 5) is 0. The maximum Gasteiger partial charge on any atom is 0.0251 e. The zero-order chi connectivity index (χ0) is 9.84. The molecule has 0 aromatic rings. The average Bonchev–Trinajstić information content (AvgIpc) is 2.17. The van der Waals surface area contributed by atoms with E-state index in [0.29, 0.717) is 6.04 Å². The van der Waals surface area contributed by atoms with Crippen LogP contribution in [0.15, 0.2) is 22.8 Å². The molecule has 0 amide bonds. The van der Waals surface area contributed by atoms with E-state index in [9.17, 15) is 0 Å². The lowest BCUT2D eigenvalue weighted by Gasteiger charge is -2.21. The normalized spacial score (nSPS) is 20.2. The second-order valence-electron chi connectivity index (χ2n) is 3.89. The Balaban J connectivity index is 2.80. The molecule has 1 rings (SSSR count). The molecule has 0 radical (unpaired) electrons. The van der Waals surface area contributed by atoms with E-state index in [1.807, 2.05) is 7.05 Å². The summed E-state index contributed by atoms with van der Waals surface area (Å²) in [5.41, 5.74) is 4.68. The van der Waals surface area contributed by atoms with E-state index in [-0.39, 0.29) is 0 Å². The van der Waals surface area contributed by atoms with Gasteiger partial charge in [-0.25, -0.2) is 0 Å². The average molecular weight is 179 g/mol. The van der Waals surface area contributed by atoms with Crippen LogP contribution in [-0.2, 0) is 0 Å². The molecule has 0 aromatic heterocycles. The minimum Gasteiger partial charge on any atom is -0.314 e. The van der Waals surface area contributed by atoms with Gasteiger partial charge in [0.1, 0.15) is 0 Å². The molecule has 0 fully saturated rings. The Morgan fingerprint density at radius 2 is 2.15 bits per heavy atom. The minimum atomic E-state index is 0.537. The smallest absolute Gasteiger partial charge is 0.0251 e. The zero-order valence-corrected chi connectivity index (χ0v) is 9.28. The van der Waals surface area contributed by atoms with E-state index in [1.165, 1.54) is 19.3 Å². The molecule has 1 aliphatic carbocycles. The summed E-state index contributed by atoms with van der Waals surface area (Å²) in [6, 6.07) is 0.537. The van der Waals surface area contributed by atoms with Crippen molar-refractivity contribution < 1.29 is 0 Å². The van der Waals surface area contributed by atoms with Crippen molar-refractivity contribution in [3.63, 3.8) is 0 Å². The van der Waals surface area contributed by atoms with Crippen LogP contribution in [0, 0.1) is 0 Å². The highest BCUT2D eigenvalue weighted by Gasteiger charge is 2.12. The number of nitrogens with one attached hydrogen (secondary N) is 1. The van der Waals surface area contributed by atoms with Gasteiger partial charge in [0.05, 0.1) is 0 Å². The summed E-state index contributed by atoms with van der Waals surface area (Å²) in [6.07, 6.45) is 6.05. The van der Waals surface area contributed by atoms with Gasteiger partial charge >= 0.3 is 0 Å². The summed E-state index contributed by atoms with van der Waals surface area (Å²) in [7, 11) is 2.03. The first-order chi connectivity index (χ1) is 6.19. The predicted octanol–water partition coefficient (Wildman–Crippen LogP) is 3.04. The number of rotatable bonds is 3. The van der Waals surface area contributed by atoms with Crippen LogP contribution in [-0.4, -0.2) is 13.1 Å². The van der Waals surface area contributed by atoms with Gasteiger partial charge in [-0.3, -0.25) is 0 Å². The van der Waals surface area contributed by atoms with Crippen molar-refractivity contribution >= 4 is 0 Å². The molecule has 1 N–H and O–H groups in total. The minimum absolute atomic E-state index is 0.537. The van der Waals surface area contributed by atoms with E-state index in [1.54, 1.807) is 16.7 Å². The lowest BCUT2D eigenvalue weighted by molar-refractivity contribution is 0.649. The number of likely N-dealkylation sites (N-methyl/N-ethyl adjacent to an activating group) is 1. The highest BCUT2D eigenvalue weighted by atomic mass is 14.9. The van der Waals surface area contributed by atoms with E-state index in [0.717, 1.165) is 0 Å². The van der Waals surface area contributed by atoms with Crippen molar-refractivity contribution in [1.82, 2.24) is 5.32 Å². The van der Waals surface area contributed by atoms with E-state index >= 15 is 0 Å². The fourth-order valence-corrected chi connectivity index (χ4v) is 1.84. The Labute approximate surface area is 81.9 Å². The maximum atomic E-state index is 3.30. The Morgan fingerprint density at radius 3 is 2.69 bits per heavy atom. The molecular formula is C12H21N. The van der Waals surface area contributed by atoms with Crippen LogP contribution in [0.2, 0.25) is 0 Å². The molecule has 0 saturated heterocycles. The summed E-state index contributed by atoms with van der Waals surface area (Å²) in [5, 5.41) is 3.30. The second-order valence-corrected chi connectivity index (χ2v) is 3.89. The molecule has 0 spiro atoms. The topological polar surface area (TPSA) is 12.0 Å². The third kappa shape index (κ3) is 2.44. The van der Waals surface area contributed by atoms with Gasteiger partial charge in [0.25, 0.3) is 0 Å².